The maximum absolute atomic E-state index is 12.7. The van der Waals surface area contributed by atoms with Crippen molar-refractivity contribution in [2.45, 2.75) is 18.9 Å². The molecule has 3 atom stereocenters. The lowest BCUT2D eigenvalue weighted by atomic mass is 9.61. The minimum atomic E-state index is -1.13. The third-order valence-corrected chi connectivity index (χ3v) is 7.17. The summed E-state index contributed by atoms with van der Waals surface area (Å²) >= 11 is 0. The van der Waals surface area contributed by atoms with Gasteiger partial charge in [-0.05, 0) is 13.3 Å². The Labute approximate surface area is 246 Å². The normalized spacial score (nSPS) is 20.8. The van der Waals surface area contributed by atoms with E-state index in [2.05, 4.69) is 5.32 Å². The minimum Gasteiger partial charge on any atom is -0.487 e. The van der Waals surface area contributed by atoms with Gasteiger partial charge in [0.05, 0.1) is 70.1 Å². The molecular weight excluding hydrogens is 548 g/mol. The number of ether oxygens (including phenoxy) is 7. The highest BCUT2D eigenvalue weighted by atomic mass is 16.6. The molecular formula is C29H44N4O9. The van der Waals surface area contributed by atoms with Crippen LogP contribution in [-0.4, -0.2) is 97.1 Å². The summed E-state index contributed by atoms with van der Waals surface area (Å²) in [5, 5.41) is 2.41. The summed E-state index contributed by atoms with van der Waals surface area (Å²) in [7, 11) is 1.62. The molecule has 13 nitrogen and oxygen atoms in total. The molecule has 3 unspecified atom stereocenters. The number of nitrogens with one attached hydrogen (secondary N) is 1. The van der Waals surface area contributed by atoms with Crippen LogP contribution in [0.3, 0.4) is 0 Å². The lowest BCUT2D eigenvalue weighted by Gasteiger charge is -2.43. The first kappa shape index (κ1) is 33.3. The number of nitrogen functional groups attached to an aromatic ring is 2. The number of methoxy groups -OCH3 is 1. The average Bonchev–Trinajstić information content (AvgIpc) is 3.24. The maximum atomic E-state index is 12.7. The van der Waals surface area contributed by atoms with E-state index in [1.54, 1.807) is 50.5 Å². The summed E-state index contributed by atoms with van der Waals surface area (Å²) in [6.07, 6.45) is 7.32. The summed E-state index contributed by atoms with van der Waals surface area (Å²) in [6, 6.07) is 3.23. The number of hydrogen-bond acceptors (Lipinski definition) is 12. The third-order valence-electron chi connectivity index (χ3n) is 7.17. The van der Waals surface area contributed by atoms with Gasteiger partial charge in [0.25, 0.3) is 0 Å². The summed E-state index contributed by atoms with van der Waals surface area (Å²) in [6.45, 7) is 5.94. The van der Waals surface area contributed by atoms with E-state index < -0.39 is 16.9 Å². The predicted octanol–water partition coefficient (Wildman–Crippen LogP) is 0.814. The smallest absolute Gasteiger partial charge is 0.239 e. The zero-order valence-electron chi connectivity index (χ0n) is 24.4. The number of carbonyl (C=O) groups is 2. The highest BCUT2D eigenvalue weighted by Gasteiger charge is 2.61. The second kappa shape index (κ2) is 16.4. The molecule has 0 bridgehead atoms. The Morgan fingerprint density at radius 2 is 1.29 bits per heavy atom. The van der Waals surface area contributed by atoms with E-state index in [9.17, 15) is 9.59 Å². The fourth-order valence-corrected chi connectivity index (χ4v) is 4.76. The molecule has 1 aliphatic carbocycles. The van der Waals surface area contributed by atoms with Crippen LogP contribution in [0.1, 0.15) is 13.3 Å². The van der Waals surface area contributed by atoms with Crippen molar-refractivity contribution in [1.82, 2.24) is 5.32 Å². The van der Waals surface area contributed by atoms with Gasteiger partial charge in [-0.3, -0.25) is 14.9 Å². The lowest BCUT2D eigenvalue weighted by molar-refractivity contribution is -0.129. The second-order valence-electron chi connectivity index (χ2n) is 10.1. The molecule has 1 heterocycles. The Morgan fingerprint density at radius 3 is 1.83 bits per heavy atom. The van der Waals surface area contributed by atoms with Gasteiger partial charge in [0.1, 0.15) is 18.6 Å². The number of imide groups is 1. The maximum Gasteiger partial charge on any atom is 0.239 e. The number of allylic oxidation sites excluding steroid dienone is 2. The molecule has 2 amide bonds. The first-order valence-electron chi connectivity index (χ1n) is 14.0. The van der Waals surface area contributed by atoms with Crippen molar-refractivity contribution in [2.24, 2.45) is 17.1 Å². The molecule has 0 aromatic heterocycles. The zero-order chi connectivity index (χ0) is 30.4. The first-order valence-corrected chi connectivity index (χ1v) is 14.0. The van der Waals surface area contributed by atoms with E-state index in [-0.39, 0.29) is 18.4 Å². The molecule has 3 rings (SSSR count). The van der Waals surface area contributed by atoms with Crippen molar-refractivity contribution in [2.75, 3.05) is 91.3 Å². The van der Waals surface area contributed by atoms with Crippen molar-refractivity contribution in [1.29, 1.82) is 0 Å². The van der Waals surface area contributed by atoms with Crippen molar-refractivity contribution < 1.29 is 42.7 Å². The Balaban J connectivity index is 1.31. The van der Waals surface area contributed by atoms with Crippen molar-refractivity contribution >= 4 is 23.2 Å². The first-order chi connectivity index (χ1) is 20.2. The topological polar surface area (TPSA) is 189 Å². The monoisotopic (exact) mass is 592 g/mol. The minimum absolute atomic E-state index is 0.253. The van der Waals surface area contributed by atoms with Gasteiger partial charge < -0.3 is 50.4 Å². The van der Waals surface area contributed by atoms with Gasteiger partial charge in [-0.1, -0.05) is 24.3 Å². The highest BCUT2D eigenvalue weighted by molar-refractivity contribution is 6.10. The van der Waals surface area contributed by atoms with Gasteiger partial charge >= 0.3 is 0 Å². The SMILES string of the molecule is COCCOCCOCCOc1cc(N)c(N)cc1OCCOCCOCCC(C)(N)C12C=CC=CC1C(=O)NC2=O. The van der Waals surface area contributed by atoms with E-state index in [1.165, 1.54) is 0 Å². The van der Waals surface area contributed by atoms with E-state index in [1.807, 2.05) is 0 Å². The fraction of sp³-hybridized carbons (Fsp3) is 0.586. The predicted molar refractivity (Wildman–Crippen MR) is 156 cm³/mol. The van der Waals surface area contributed by atoms with Crippen LogP contribution in [-0.2, 0) is 33.3 Å². The van der Waals surface area contributed by atoms with Crippen LogP contribution in [0.5, 0.6) is 11.5 Å². The van der Waals surface area contributed by atoms with E-state index in [4.69, 9.17) is 50.4 Å². The lowest BCUT2D eigenvalue weighted by Crippen LogP contribution is -2.59. The molecule has 0 saturated carbocycles. The number of fused-ring (bicyclic) bond motifs is 1. The third kappa shape index (κ3) is 8.66. The molecule has 1 aliphatic heterocycles. The molecule has 7 N–H and O–H groups in total. The van der Waals surface area contributed by atoms with Gasteiger partial charge in [-0.15, -0.1) is 0 Å². The standard InChI is InChI=1S/C29H44N4O9/c1-28(32,29-6-4-3-5-21(29)26(34)33-27(29)35)7-8-37-11-12-39-15-17-41-24-19-22(30)23(31)20-25(24)42-18-16-40-14-13-38-10-9-36-2/h3-6,19-21H,7-18,30-32H2,1-2H3,(H,33,34,35). The molecule has 1 aromatic rings. The van der Waals surface area contributed by atoms with Gasteiger partial charge in [0.2, 0.25) is 11.8 Å². The second-order valence-corrected chi connectivity index (χ2v) is 10.1. The van der Waals surface area contributed by atoms with Gasteiger partial charge in [-0.25, -0.2) is 0 Å². The quantitative estimate of drug-likeness (QED) is 0.0895. The number of hydrogen-bond donors (Lipinski definition) is 4. The van der Waals surface area contributed by atoms with Crippen LogP contribution in [0.4, 0.5) is 11.4 Å². The highest BCUT2D eigenvalue weighted by Crippen LogP contribution is 2.47. The number of nitrogens with two attached hydrogens (primary N) is 3. The molecule has 0 radical (unpaired) electrons. The largest absolute Gasteiger partial charge is 0.487 e. The van der Waals surface area contributed by atoms with Crippen molar-refractivity contribution in [3.05, 3.63) is 36.4 Å². The van der Waals surface area contributed by atoms with E-state index in [0.29, 0.717) is 95.4 Å². The van der Waals surface area contributed by atoms with E-state index in [0.717, 1.165) is 0 Å². The summed E-state index contributed by atoms with van der Waals surface area (Å²) < 4.78 is 38.7. The van der Waals surface area contributed by atoms with Crippen LogP contribution in [0, 0.1) is 11.3 Å². The van der Waals surface area contributed by atoms with Crippen LogP contribution in [0.15, 0.2) is 36.4 Å². The summed E-state index contributed by atoms with van der Waals surface area (Å²) in [5.41, 5.74) is 17.1. The fourth-order valence-electron chi connectivity index (χ4n) is 4.76. The van der Waals surface area contributed by atoms with Crippen molar-refractivity contribution in [3.63, 3.8) is 0 Å². The molecule has 234 valence electrons. The Hall–Kier alpha value is -3.20. The van der Waals surface area contributed by atoms with Crippen LogP contribution in [0.25, 0.3) is 0 Å². The molecule has 42 heavy (non-hydrogen) atoms. The molecule has 13 heteroatoms. The number of rotatable bonds is 21. The summed E-state index contributed by atoms with van der Waals surface area (Å²) in [5.74, 6) is -0.433. The Morgan fingerprint density at radius 1 is 0.786 bits per heavy atom. The van der Waals surface area contributed by atoms with Gasteiger partial charge in [0.15, 0.2) is 11.5 Å². The molecule has 1 aromatic carbocycles. The summed E-state index contributed by atoms with van der Waals surface area (Å²) in [4.78, 5) is 25.0. The van der Waals surface area contributed by atoms with Crippen LogP contribution in [0.2, 0.25) is 0 Å². The Bertz CT molecular complexity index is 1100. The number of benzene rings is 1. The number of amides is 2. The zero-order valence-corrected chi connectivity index (χ0v) is 24.4. The number of anilines is 2. The molecule has 1 fully saturated rings. The van der Waals surface area contributed by atoms with Crippen LogP contribution >= 0.6 is 0 Å². The van der Waals surface area contributed by atoms with Crippen molar-refractivity contribution in [3.8, 4) is 11.5 Å². The molecule has 1 saturated heterocycles. The molecule has 0 spiro atoms. The Kier molecular flexibility index (Phi) is 13.0. The van der Waals surface area contributed by atoms with Gasteiger partial charge in [0, 0.05) is 31.4 Å². The van der Waals surface area contributed by atoms with Gasteiger partial charge in [-0.2, -0.15) is 0 Å². The average molecular weight is 593 g/mol. The van der Waals surface area contributed by atoms with E-state index >= 15 is 0 Å². The number of carbonyl (C=O) groups excluding carboxylic acids is 2. The van der Waals surface area contributed by atoms with Crippen LogP contribution < -0.4 is 32.0 Å². The molecule has 2 aliphatic rings.